The van der Waals surface area contributed by atoms with Crippen molar-refractivity contribution in [3.63, 3.8) is 0 Å². The first-order chi connectivity index (χ1) is 35.2. The lowest BCUT2D eigenvalue weighted by atomic mass is 9.89. The highest BCUT2D eigenvalue weighted by molar-refractivity contribution is 7.80. The number of Topliss-reactive ketones (excluding diaryl/α,β-unsaturated/α-hetero) is 2. The molecule has 1 aromatic carbocycles. The van der Waals surface area contributed by atoms with Crippen molar-refractivity contribution in [2.75, 3.05) is 51.9 Å². The third kappa shape index (κ3) is 24.0. The number of carbonyl (C=O) groups is 7. The molecule has 5 amide bonds. The summed E-state index contributed by atoms with van der Waals surface area (Å²) in [6, 6.07) is 6.13. The highest BCUT2D eigenvalue weighted by Crippen LogP contribution is 2.39. The molecule has 2 aromatic rings. The van der Waals surface area contributed by atoms with E-state index >= 15 is 0 Å². The van der Waals surface area contributed by atoms with Crippen LogP contribution in [0.1, 0.15) is 109 Å². The molecule has 3 rings (SSSR count). The third-order valence-electron chi connectivity index (χ3n) is 12.8. The molecule has 0 bridgehead atoms. The zero-order chi connectivity index (χ0) is 54.6. The largest absolute Gasteiger partial charge is 0.469 e. The summed E-state index contributed by atoms with van der Waals surface area (Å²) in [6.45, 7) is 5.88. The van der Waals surface area contributed by atoms with Crippen molar-refractivity contribution in [1.82, 2.24) is 30.4 Å². The molecular weight excluding hydrogens is 1000 g/mol. The Hall–Kier alpha value is -4.58. The Morgan fingerprint density at radius 3 is 2.19 bits per heavy atom. The average Bonchev–Trinajstić information content (AvgIpc) is 4.04. The number of aliphatic hydroxyl groups excluding tert-OH is 1. The van der Waals surface area contributed by atoms with Crippen LogP contribution in [0.5, 0.6) is 0 Å². The topological polar surface area (TPSA) is 334 Å². The number of unbranched alkanes of at least 4 members (excludes halogenated alkanes) is 5. The Morgan fingerprint density at radius 1 is 0.878 bits per heavy atom. The van der Waals surface area contributed by atoms with Gasteiger partial charge in [-0.05, 0) is 56.9 Å². The van der Waals surface area contributed by atoms with Gasteiger partial charge in [-0.25, -0.2) is 9.55 Å². The lowest BCUT2D eigenvalue weighted by Gasteiger charge is -2.28. The molecule has 0 radical (unpaired) electrons. The van der Waals surface area contributed by atoms with Crippen LogP contribution in [0.2, 0.25) is 0 Å². The van der Waals surface area contributed by atoms with Crippen molar-refractivity contribution >= 4 is 61.6 Å². The number of phosphoric acid groups is 1. The van der Waals surface area contributed by atoms with Crippen LogP contribution >= 0.6 is 20.5 Å². The SMILES string of the molecule is CC(C)C[C@H](NC(=O)[C@@H]1CCCN1C(=O)CCOCCOCCNC(=O)[C@@H](N)CS)C(=O)C[C@@H](Cc1cncn1CCCCCCCCc1ccccc1)C(=O)N[C@@H](CO)C(=O)C[C@H](C(N)=O)[C@@H](C)OP(=O)(O)O. The lowest BCUT2D eigenvalue weighted by Crippen LogP contribution is -2.52. The number of phosphoric ester groups is 1. The van der Waals surface area contributed by atoms with Crippen molar-refractivity contribution in [1.29, 1.82) is 0 Å². The first-order valence-electron chi connectivity index (χ1n) is 25.7. The number of amides is 5. The monoisotopic (exact) mass is 1080 g/mol. The van der Waals surface area contributed by atoms with E-state index in [4.69, 9.17) is 20.9 Å². The predicted molar refractivity (Wildman–Crippen MR) is 278 cm³/mol. The third-order valence-corrected chi connectivity index (χ3v) is 13.8. The van der Waals surface area contributed by atoms with Crippen LogP contribution in [-0.4, -0.2) is 153 Å². The number of aliphatic hydroxyl groups is 1. The van der Waals surface area contributed by atoms with E-state index in [9.17, 15) is 53.0 Å². The van der Waals surface area contributed by atoms with E-state index in [0.717, 1.165) is 51.9 Å². The summed E-state index contributed by atoms with van der Waals surface area (Å²) in [5.74, 6) is -6.97. The summed E-state index contributed by atoms with van der Waals surface area (Å²) in [6.07, 6.45) is 8.83. The van der Waals surface area contributed by atoms with Crippen LogP contribution in [0.15, 0.2) is 42.9 Å². The fourth-order valence-electron chi connectivity index (χ4n) is 8.68. The molecule has 0 aliphatic carbocycles. The number of thiol groups is 1. The van der Waals surface area contributed by atoms with Crippen molar-refractivity contribution in [3.05, 3.63) is 54.1 Å². The summed E-state index contributed by atoms with van der Waals surface area (Å²) in [5.41, 5.74) is 13.0. The number of ketones is 2. The number of nitrogens with two attached hydrogens (primary N) is 2. The zero-order valence-electron chi connectivity index (χ0n) is 43.1. The van der Waals surface area contributed by atoms with Crippen molar-refractivity contribution in [2.24, 2.45) is 29.2 Å². The summed E-state index contributed by atoms with van der Waals surface area (Å²) in [5, 5.41) is 18.4. The van der Waals surface area contributed by atoms with Gasteiger partial charge in [-0.3, -0.25) is 38.1 Å². The molecule has 22 nitrogen and oxygen atoms in total. The Bertz CT molecular complexity index is 2110. The van der Waals surface area contributed by atoms with Crippen LogP contribution < -0.4 is 27.4 Å². The van der Waals surface area contributed by atoms with E-state index in [0.29, 0.717) is 31.6 Å². The van der Waals surface area contributed by atoms with Crippen molar-refractivity contribution in [3.8, 4) is 0 Å². The Kier molecular flexibility index (Phi) is 29.4. The maximum atomic E-state index is 14.4. The summed E-state index contributed by atoms with van der Waals surface area (Å²) >= 11 is 4.00. The maximum Gasteiger partial charge on any atom is 0.469 e. The predicted octanol–water partition coefficient (Wildman–Crippen LogP) is 1.94. The number of nitrogens with zero attached hydrogens (tertiary/aromatic N) is 3. The molecule has 0 spiro atoms. The number of primary amides is 1. The van der Waals surface area contributed by atoms with Gasteiger partial charge in [0, 0.05) is 56.5 Å². The first kappa shape index (κ1) is 63.7. The molecule has 7 atom stereocenters. The van der Waals surface area contributed by atoms with Gasteiger partial charge in [0.2, 0.25) is 29.5 Å². The number of aromatic nitrogens is 2. The Balaban J connectivity index is 1.70. The average molecular weight is 1080 g/mol. The van der Waals surface area contributed by atoms with Gasteiger partial charge in [-0.15, -0.1) is 0 Å². The molecule has 2 heterocycles. The van der Waals surface area contributed by atoms with Crippen LogP contribution in [-0.2, 0) is 71.5 Å². The highest BCUT2D eigenvalue weighted by atomic mass is 32.1. The smallest absolute Gasteiger partial charge is 0.394 e. The number of benzene rings is 1. The number of hydrogen-bond acceptors (Lipinski definition) is 15. The van der Waals surface area contributed by atoms with E-state index in [1.54, 1.807) is 12.5 Å². The molecule has 1 aliphatic rings. The summed E-state index contributed by atoms with van der Waals surface area (Å²) in [4.78, 5) is 118. The minimum Gasteiger partial charge on any atom is -0.394 e. The maximum absolute atomic E-state index is 14.4. The fourth-order valence-corrected chi connectivity index (χ4v) is 9.42. The Morgan fingerprint density at radius 2 is 1.54 bits per heavy atom. The number of aryl methyl sites for hydroxylation is 2. The van der Waals surface area contributed by atoms with Gasteiger partial charge in [0.05, 0.1) is 75.8 Å². The Labute approximate surface area is 440 Å². The fraction of sp³-hybridized carbons (Fsp3) is 0.680. The van der Waals surface area contributed by atoms with Gasteiger partial charge >= 0.3 is 7.82 Å². The van der Waals surface area contributed by atoms with Gasteiger partial charge in [-0.2, -0.15) is 12.6 Å². The first-order valence-corrected chi connectivity index (χ1v) is 27.8. The number of carbonyl (C=O) groups excluding carboxylic acids is 7. The standard InChI is InChI=1S/C50H81N8O14PS/c1-34(2)26-41(55-50(66)43-17-13-21-58(43)46(62)18-22-70-24-25-71-23-19-54-49(65)40(51)32-74)44(60)28-37(48(64)56-42(31-59)45(61)29-39(47(52)63)35(3)72-73(67,68)69)27-38-30-53-33-57(38)20-12-7-5-4-6-9-14-36-15-10-8-11-16-36/h8,10-11,15-16,30,33-35,37,39-43,59,74H,4-7,9,12-14,17-29,31-32,51H2,1-3H3,(H2,52,63)(H,54,65)(H,55,66)(H,56,64)(H2,67,68,69)/t35-,37-,39+,40+,41+,42+,43+/m1/s1. The van der Waals surface area contributed by atoms with E-state index in [2.05, 4.69) is 50.2 Å². The molecular formula is C50H81N8O14PS. The number of imidazole rings is 1. The van der Waals surface area contributed by atoms with Crippen LogP contribution in [0, 0.1) is 17.8 Å². The van der Waals surface area contributed by atoms with Gasteiger partial charge in [-0.1, -0.05) is 69.9 Å². The van der Waals surface area contributed by atoms with E-state index < -0.39 is 98.7 Å². The van der Waals surface area contributed by atoms with Gasteiger partial charge in [0.15, 0.2) is 11.6 Å². The number of nitrogens with one attached hydrogen (secondary N) is 3. The molecule has 1 aromatic heterocycles. The minimum absolute atomic E-state index is 0.000895. The van der Waals surface area contributed by atoms with Crippen molar-refractivity contribution < 1.29 is 67.0 Å². The quantitative estimate of drug-likeness (QED) is 0.0262. The molecule has 1 saturated heterocycles. The second-order valence-electron chi connectivity index (χ2n) is 19.2. The van der Waals surface area contributed by atoms with E-state index in [1.807, 2.05) is 36.6 Å². The molecule has 1 fully saturated rings. The molecule has 24 heteroatoms. The molecule has 0 saturated carbocycles. The van der Waals surface area contributed by atoms with Crippen LogP contribution in [0.25, 0.3) is 0 Å². The number of likely N-dealkylation sites (tertiary alicyclic amines) is 1. The number of rotatable bonds is 39. The molecule has 416 valence electrons. The second kappa shape index (κ2) is 34.2. The molecule has 1 aliphatic heterocycles. The summed E-state index contributed by atoms with van der Waals surface area (Å²) < 4.78 is 29.0. The van der Waals surface area contributed by atoms with Gasteiger partial charge < -0.3 is 61.3 Å². The number of hydrogen-bond donors (Lipinski definition) is 9. The minimum atomic E-state index is -5.09. The molecule has 10 N–H and O–H groups in total. The van der Waals surface area contributed by atoms with Gasteiger partial charge in [0.1, 0.15) is 12.1 Å². The molecule has 74 heavy (non-hydrogen) atoms. The van der Waals surface area contributed by atoms with Crippen LogP contribution in [0.3, 0.4) is 0 Å². The zero-order valence-corrected chi connectivity index (χ0v) is 44.9. The summed E-state index contributed by atoms with van der Waals surface area (Å²) in [7, 11) is -5.09. The van der Waals surface area contributed by atoms with Gasteiger partial charge in [0.25, 0.3) is 0 Å². The number of ether oxygens (including phenoxy) is 2. The van der Waals surface area contributed by atoms with Crippen molar-refractivity contribution in [2.45, 2.75) is 147 Å². The normalized spacial score (nSPS) is 16.2. The highest BCUT2D eigenvalue weighted by Gasteiger charge is 2.38. The van der Waals surface area contributed by atoms with E-state index in [-0.39, 0.29) is 75.7 Å². The van der Waals surface area contributed by atoms with E-state index in [1.165, 1.54) is 10.5 Å². The lowest BCUT2D eigenvalue weighted by molar-refractivity contribution is -0.140. The molecule has 0 unspecified atom stereocenters. The van der Waals surface area contributed by atoms with Crippen LogP contribution in [0.4, 0.5) is 0 Å². The second-order valence-corrected chi connectivity index (χ2v) is 20.8.